The van der Waals surface area contributed by atoms with Crippen LogP contribution in [0.4, 0.5) is 5.69 Å². The molecule has 2 fully saturated rings. The van der Waals surface area contributed by atoms with E-state index in [0.717, 1.165) is 32.6 Å². The fourth-order valence-corrected chi connectivity index (χ4v) is 6.35. The van der Waals surface area contributed by atoms with E-state index < -0.39 is 15.7 Å². The van der Waals surface area contributed by atoms with E-state index in [1.807, 2.05) is 4.90 Å². The Morgan fingerprint density at radius 2 is 1.68 bits per heavy atom. The Labute approximate surface area is 190 Å². The van der Waals surface area contributed by atoms with Gasteiger partial charge in [0, 0.05) is 57.6 Å². The Hall–Kier alpha value is -1.86. The SMILES string of the molecule is C=C(N)C1(S(=O)N2CCN(c3ccc(CCCCC)cc3)CC2)CCN(C(C)=O)CC1. The molecule has 1 unspecified atom stereocenters. The van der Waals surface area contributed by atoms with Crippen LogP contribution < -0.4 is 10.6 Å². The zero-order valence-corrected chi connectivity index (χ0v) is 20.0. The smallest absolute Gasteiger partial charge is 0.219 e. The highest BCUT2D eigenvalue weighted by atomic mass is 32.2. The number of piperazine rings is 1. The van der Waals surface area contributed by atoms with Crippen molar-refractivity contribution in [3.05, 3.63) is 42.1 Å². The van der Waals surface area contributed by atoms with Crippen LogP contribution >= 0.6 is 0 Å². The molecule has 0 aromatic heterocycles. The van der Waals surface area contributed by atoms with Gasteiger partial charge in [0.2, 0.25) is 5.91 Å². The van der Waals surface area contributed by atoms with Crippen LogP contribution in [0.1, 0.15) is 51.5 Å². The molecule has 31 heavy (non-hydrogen) atoms. The van der Waals surface area contributed by atoms with E-state index in [-0.39, 0.29) is 5.91 Å². The van der Waals surface area contributed by atoms with Crippen LogP contribution in [0.3, 0.4) is 0 Å². The third kappa shape index (κ3) is 5.50. The summed E-state index contributed by atoms with van der Waals surface area (Å²) in [7, 11) is -1.25. The quantitative estimate of drug-likeness (QED) is 0.623. The number of aryl methyl sites for hydroxylation is 1. The first kappa shape index (κ1) is 23.8. The van der Waals surface area contributed by atoms with Crippen molar-refractivity contribution < 1.29 is 9.00 Å². The Balaban J connectivity index is 1.57. The van der Waals surface area contributed by atoms with Gasteiger partial charge in [-0.15, -0.1) is 0 Å². The van der Waals surface area contributed by atoms with Crippen molar-refractivity contribution in [2.45, 2.75) is 57.1 Å². The van der Waals surface area contributed by atoms with E-state index in [9.17, 15) is 9.00 Å². The average molecular weight is 447 g/mol. The Kier molecular flexibility index (Phi) is 8.17. The molecule has 1 aromatic rings. The standard InChI is InChI=1S/C24H38N4O2S/c1-4-5-6-7-22-8-10-23(11-9-22)27-16-18-28(19-17-27)31(30)24(20(2)25)12-14-26(15-13-24)21(3)29/h8-11H,2,4-7,12-19,25H2,1,3H3. The summed E-state index contributed by atoms with van der Waals surface area (Å²) in [6.07, 6.45) is 6.13. The topological polar surface area (TPSA) is 69.9 Å². The van der Waals surface area contributed by atoms with Crippen molar-refractivity contribution >= 4 is 22.6 Å². The number of unbranched alkanes of at least 4 members (excludes halogenated alkanes) is 2. The molecule has 2 aliphatic rings. The van der Waals surface area contributed by atoms with Crippen LogP contribution in [0.2, 0.25) is 0 Å². The second-order valence-corrected chi connectivity index (χ2v) is 10.6. The minimum absolute atomic E-state index is 0.0620. The van der Waals surface area contributed by atoms with Gasteiger partial charge < -0.3 is 15.5 Å². The van der Waals surface area contributed by atoms with Gasteiger partial charge in [-0.3, -0.25) is 4.79 Å². The van der Waals surface area contributed by atoms with Crippen LogP contribution in [0, 0.1) is 0 Å². The fourth-order valence-electron chi connectivity index (χ4n) is 4.60. The monoisotopic (exact) mass is 446 g/mol. The second kappa shape index (κ2) is 10.6. The molecule has 0 aliphatic carbocycles. The molecule has 6 nitrogen and oxygen atoms in total. The van der Waals surface area contributed by atoms with E-state index in [1.165, 1.54) is 30.5 Å². The number of amides is 1. The van der Waals surface area contributed by atoms with Crippen LogP contribution in [-0.2, 0) is 22.2 Å². The van der Waals surface area contributed by atoms with Gasteiger partial charge in [0.25, 0.3) is 0 Å². The van der Waals surface area contributed by atoms with Gasteiger partial charge in [-0.2, -0.15) is 0 Å². The summed E-state index contributed by atoms with van der Waals surface area (Å²) >= 11 is 0. The van der Waals surface area contributed by atoms with Crippen molar-refractivity contribution in [2.24, 2.45) is 5.73 Å². The van der Waals surface area contributed by atoms with Crippen molar-refractivity contribution in [2.75, 3.05) is 44.2 Å². The van der Waals surface area contributed by atoms with Gasteiger partial charge in [0.1, 0.15) is 15.7 Å². The predicted octanol–water partition coefficient (Wildman–Crippen LogP) is 3.06. The molecule has 0 saturated carbocycles. The molecule has 0 radical (unpaired) electrons. The lowest BCUT2D eigenvalue weighted by Gasteiger charge is -2.45. The summed E-state index contributed by atoms with van der Waals surface area (Å²) in [5, 5.41) is 0. The molecule has 2 heterocycles. The summed E-state index contributed by atoms with van der Waals surface area (Å²) in [4.78, 5) is 15.9. The number of hydrogen-bond acceptors (Lipinski definition) is 4. The van der Waals surface area contributed by atoms with Crippen molar-refractivity contribution in [3.63, 3.8) is 0 Å². The average Bonchev–Trinajstić information content (AvgIpc) is 2.79. The normalized spacial score (nSPS) is 20.5. The maximum Gasteiger partial charge on any atom is 0.219 e. The van der Waals surface area contributed by atoms with Crippen molar-refractivity contribution in [1.29, 1.82) is 0 Å². The highest BCUT2D eigenvalue weighted by molar-refractivity contribution is 7.84. The van der Waals surface area contributed by atoms with E-state index in [1.54, 1.807) is 6.92 Å². The van der Waals surface area contributed by atoms with Crippen molar-refractivity contribution in [1.82, 2.24) is 9.21 Å². The molecular formula is C24H38N4O2S. The van der Waals surface area contributed by atoms with Gasteiger partial charge in [-0.1, -0.05) is 38.5 Å². The van der Waals surface area contributed by atoms with E-state index in [4.69, 9.17) is 5.73 Å². The van der Waals surface area contributed by atoms with E-state index in [2.05, 4.69) is 47.0 Å². The van der Waals surface area contributed by atoms with Crippen LogP contribution in [0.5, 0.6) is 0 Å². The van der Waals surface area contributed by atoms with Gasteiger partial charge in [-0.25, -0.2) is 8.51 Å². The number of benzene rings is 1. The molecule has 2 N–H and O–H groups in total. The molecule has 2 saturated heterocycles. The largest absolute Gasteiger partial charge is 0.401 e. The maximum atomic E-state index is 13.6. The van der Waals surface area contributed by atoms with Crippen LogP contribution in [0.25, 0.3) is 0 Å². The first-order chi connectivity index (χ1) is 14.9. The summed E-state index contributed by atoms with van der Waals surface area (Å²) in [6.45, 7) is 12.1. The molecule has 1 atom stereocenters. The zero-order valence-electron chi connectivity index (χ0n) is 19.1. The number of likely N-dealkylation sites (tertiary alicyclic amines) is 1. The summed E-state index contributed by atoms with van der Waals surface area (Å²) in [6, 6.07) is 8.92. The third-order valence-electron chi connectivity index (χ3n) is 6.78. The van der Waals surface area contributed by atoms with Gasteiger partial charge in [0.15, 0.2) is 0 Å². The molecule has 7 heteroatoms. The lowest BCUT2D eigenvalue weighted by atomic mass is 9.93. The van der Waals surface area contributed by atoms with Crippen molar-refractivity contribution in [3.8, 4) is 0 Å². The van der Waals surface area contributed by atoms with Gasteiger partial charge in [0.05, 0.1) is 0 Å². The molecule has 0 bridgehead atoms. The maximum absolute atomic E-state index is 13.6. The number of piperidine rings is 1. The number of anilines is 1. The number of carbonyl (C=O) groups is 1. The highest BCUT2D eigenvalue weighted by Crippen LogP contribution is 2.35. The molecule has 172 valence electrons. The van der Waals surface area contributed by atoms with Crippen LogP contribution in [-0.4, -0.2) is 63.3 Å². The molecule has 0 spiro atoms. The fraction of sp³-hybridized carbons (Fsp3) is 0.625. The summed E-state index contributed by atoms with van der Waals surface area (Å²) < 4.78 is 15.0. The molecule has 2 aliphatic heterocycles. The second-order valence-electron chi connectivity index (χ2n) is 8.81. The number of nitrogens with two attached hydrogens (primary N) is 1. The summed E-state index contributed by atoms with van der Waals surface area (Å²) in [5.74, 6) is 0.0620. The Morgan fingerprint density at radius 1 is 1.06 bits per heavy atom. The first-order valence-electron chi connectivity index (χ1n) is 11.6. The van der Waals surface area contributed by atoms with Gasteiger partial charge >= 0.3 is 0 Å². The lowest BCUT2D eigenvalue weighted by molar-refractivity contribution is -0.129. The predicted molar refractivity (Wildman–Crippen MR) is 129 cm³/mol. The Morgan fingerprint density at radius 3 is 2.19 bits per heavy atom. The highest BCUT2D eigenvalue weighted by Gasteiger charge is 2.45. The first-order valence-corrected chi connectivity index (χ1v) is 12.7. The van der Waals surface area contributed by atoms with Gasteiger partial charge in [-0.05, 0) is 43.4 Å². The molecule has 3 rings (SSSR count). The number of rotatable bonds is 8. The minimum atomic E-state index is -1.25. The zero-order chi connectivity index (χ0) is 22.4. The third-order valence-corrected chi connectivity index (χ3v) is 8.95. The number of nitrogens with zero attached hydrogens (tertiary/aromatic N) is 3. The van der Waals surface area contributed by atoms with Crippen LogP contribution in [0.15, 0.2) is 36.5 Å². The Bertz CT molecular complexity index is 779. The number of carbonyl (C=O) groups excluding carboxylic acids is 1. The molecular weight excluding hydrogens is 408 g/mol. The molecule has 1 aromatic carbocycles. The lowest BCUT2D eigenvalue weighted by Crippen LogP contribution is -2.57. The summed E-state index contributed by atoms with van der Waals surface area (Å²) in [5.41, 5.74) is 9.29. The molecule has 1 amide bonds. The van der Waals surface area contributed by atoms with E-state index >= 15 is 0 Å². The van der Waals surface area contributed by atoms with E-state index in [0.29, 0.717) is 31.6 Å². The number of hydrogen-bond donors (Lipinski definition) is 1. The minimum Gasteiger partial charge on any atom is -0.401 e.